The lowest BCUT2D eigenvalue weighted by atomic mass is 10.1. The van der Waals surface area contributed by atoms with E-state index in [2.05, 4.69) is 15.3 Å². The molecule has 2 aromatic rings. The molecule has 0 radical (unpaired) electrons. The highest BCUT2D eigenvalue weighted by molar-refractivity contribution is 6.30. The number of hydrogen-bond donors (Lipinski definition) is 2. The van der Waals surface area contributed by atoms with Crippen LogP contribution >= 0.6 is 11.6 Å². The summed E-state index contributed by atoms with van der Waals surface area (Å²) < 4.78 is 0. The Morgan fingerprint density at radius 1 is 1.24 bits per heavy atom. The van der Waals surface area contributed by atoms with Gasteiger partial charge in [-0.25, -0.2) is 9.97 Å². The van der Waals surface area contributed by atoms with Gasteiger partial charge in [0.1, 0.15) is 5.82 Å². The van der Waals surface area contributed by atoms with E-state index in [-0.39, 0.29) is 6.04 Å². The molecule has 2 N–H and O–H groups in total. The maximum atomic E-state index is 10.2. The summed E-state index contributed by atoms with van der Waals surface area (Å²) in [4.78, 5) is 8.59. The van der Waals surface area contributed by atoms with E-state index in [9.17, 15) is 5.11 Å². The molecule has 21 heavy (non-hydrogen) atoms. The van der Waals surface area contributed by atoms with E-state index < -0.39 is 6.10 Å². The third kappa shape index (κ3) is 4.24. The van der Waals surface area contributed by atoms with Gasteiger partial charge in [-0.2, -0.15) is 0 Å². The summed E-state index contributed by atoms with van der Waals surface area (Å²) in [6.07, 6.45) is 1.26. The van der Waals surface area contributed by atoms with Crippen LogP contribution in [0.15, 0.2) is 30.5 Å². The number of aliphatic hydroxyl groups excluding tert-OH is 1. The first-order valence-corrected chi connectivity index (χ1v) is 7.32. The van der Waals surface area contributed by atoms with E-state index in [0.29, 0.717) is 11.6 Å². The fourth-order valence-electron chi connectivity index (χ4n) is 2.22. The van der Waals surface area contributed by atoms with E-state index in [1.54, 1.807) is 12.1 Å². The Morgan fingerprint density at radius 3 is 2.52 bits per heavy atom. The molecule has 2 atom stereocenters. The van der Waals surface area contributed by atoms with Crippen LogP contribution in [0.25, 0.3) is 0 Å². The Kier molecular flexibility index (Phi) is 5.28. The predicted molar refractivity (Wildman–Crippen MR) is 84.3 cm³/mol. The molecule has 0 aliphatic carbocycles. The standard InChI is InChI=1S/C16H20ClN3O/c1-10(15-8-19-12(3)20-11(15)2)18-9-16(21)13-4-6-14(17)7-5-13/h4-8,10,16,18,21H,9H2,1-3H3. The molecule has 0 spiro atoms. The van der Waals surface area contributed by atoms with E-state index in [4.69, 9.17) is 11.6 Å². The maximum Gasteiger partial charge on any atom is 0.125 e. The molecule has 2 unspecified atom stereocenters. The minimum atomic E-state index is -0.573. The number of aromatic nitrogens is 2. The maximum absolute atomic E-state index is 10.2. The highest BCUT2D eigenvalue weighted by Crippen LogP contribution is 2.18. The molecule has 0 aliphatic heterocycles. The fraction of sp³-hybridized carbons (Fsp3) is 0.375. The number of benzene rings is 1. The number of nitrogens with one attached hydrogen (secondary N) is 1. The molecular weight excluding hydrogens is 286 g/mol. The van der Waals surface area contributed by atoms with Crippen LogP contribution in [-0.4, -0.2) is 21.6 Å². The van der Waals surface area contributed by atoms with E-state index in [0.717, 1.165) is 22.6 Å². The average Bonchev–Trinajstić information content (AvgIpc) is 2.45. The minimum absolute atomic E-state index is 0.0764. The van der Waals surface area contributed by atoms with Gasteiger partial charge < -0.3 is 10.4 Å². The SMILES string of the molecule is Cc1ncc(C(C)NCC(O)c2ccc(Cl)cc2)c(C)n1. The Labute approximate surface area is 130 Å². The lowest BCUT2D eigenvalue weighted by Gasteiger charge is -2.19. The lowest BCUT2D eigenvalue weighted by molar-refractivity contribution is 0.170. The quantitative estimate of drug-likeness (QED) is 0.891. The Balaban J connectivity index is 1.97. The third-order valence-electron chi connectivity index (χ3n) is 3.48. The van der Waals surface area contributed by atoms with Crippen LogP contribution in [0.1, 0.15) is 41.7 Å². The van der Waals surface area contributed by atoms with Gasteiger partial charge >= 0.3 is 0 Å². The monoisotopic (exact) mass is 305 g/mol. The second-order valence-electron chi connectivity index (χ2n) is 5.16. The topological polar surface area (TPSA) is 58.0 Å². The van der Waals surface area contributed by atoms with Crippen molar-refractivity contribution >= 4 is 11.6 Å². The molecule has 2 rings (SSSR count). The summed E-state index contributed by atoms with van der Waals surface area (Å²) in [6.45, 7) is 6.34. The van der Waals surface area contributed by atoms with Crippen LogP contribution in [0.2, 0.25) is 5.02 Å². The number of hydrogen-bond acceptors (Lipinski definition) is 4. The second-order valence-corrected chi connectivity index (χ2v) is 5.59. The normalized spacial score (nSPS) is 14.0. The van der Waals surface area contributed by atoms with Crippen molar-refractivity contribution in [3.05, 3.63) is 58.1 Å². The van der Waals surface area contributed by atoms with Crippen molar-refractivity contribution in [2.45, 2.75) is 32.9 Å². The van der Waals surface area contributed by atoms with E-state index in [1.165, 1.54) is 0 Å². The van der Waals surface area contributed by atoms with Gasteiger partial charge in [0.2, 0.25) is 0 Å². The number of aliphatic hydroxyl groups is 1. The van der Waals surface area contributed by atoms with Gasteiger partial charge in [0.05, 0.1) is 6.10 Å². The second kappa shape index (κ2) is 6.98. The number of aryl methyl sites for hydroxylation is 2. The summed E-state index contributed by atoms with van der Waals surface area (Å²) >= 11 is 5.84. The molecule has 1 aromatic carbocycles. The van der Waals surface area contributed by atoms with Crippen molar-refractivity contribution in [3.63, 3.8) is 0 Å². The molecule has 0 saturated carbocycles. The molecule has 1 aromatic heterocycles. The molecule has 0 fully saturated rings. The van der Waals surface area contributed by atoms with Gasteiger partial charge in [0.25, 0.3) is 0 Å². The summed E-state index contributed by atoms with van der Waals surface area (Å²) in [5.74, 6) is 0.768. The first kappa shape index (κ1) is 15.9. The summed E-state index contributed by atoms with van der Waals surface area (Å²) in [7, 11) is 0. The van der Waals surface area contributed by atoms with Crippen molar-refractivity contribution in [1.82, 2.24) is 15.3 Å². The molecule has 0 saturated heterocycles. The fourth-order valence-corrected chi connectivity index (χ4v) is 2.34. The molecule has 5 heteroatoms. The summed E-state index contributed by atoms with van der Waals surface area (Å²) in [5, 5.41) is 14.2. The van der Waals surface area contributed by atoms with Crippen molar-refractivity contribution < 1.29 is 5.11 Å². The first-order valence-electron chi connectivity index (χ1n) is 6.94. The van der Waals surface area contributed by atoms with Crippen molar-refractivity contribution in [1.29, 1.82) is 0 Å². The first-order chi connectivity index (χ1) is 9.97. The zero-order valence-electron chi connectivity index (χ0n) is 12.5. The zero-order chi connectivity index (χ0) is 15.4. The molecule has 0 bridgehead atoms. The largest absolute Gasteiger partial charge is 0.387 e. The molecule has 1 heterocycles. The minimum Gasteiger partial charge on any atom is -0.387 e. The summed E-state index contributed by atoms with van der Waals surface area (Å²) in [5.41, 5.74) is 2.85. The summed E-state index contributed by atoms with van der Waals surface area (Å²) in [6, 6.07) is 7.30. The number of rotatable bonds is 5. The van der Waals surface area contributed by atoms with Crippen molar-refractivity contribution in [2.24, 2.45) is 0 Å². The van der Waals surface area contributed by atoms with Gasteiger partial charge in [0.15, 0.2) is 0 Å². The molecule has 0 aliphatic rings. The van der Waals surface area contributed by atoms with Crippen LogP contribution in [0.4, 0.5) is 0 Å². The van der Waals surface area contributed by atoms with Crippen LogP contribution in [0.3, 0.4) is 0 Å². The highest BCUT2D eigenvalue weighted by Gasteiger charge is 2.13. The van der Waals surface area contributed by atoms with Gasteiger partial charge in [-0.3, -0.25) is 0 Å². The van der Waals surface area contributed by atoms with Gasteiger partial charge in [0, 0.05) is 35.1 Å². The van der Waals surface area contributed by atoms with Crippen molar-refractivity contribution in [3.8, 4) is 0 Å². The lowest BCUT2D eigenvalue weighted by Crippen LogP contribution is -2.25. The van der Waals surface area contributed by atoms with E-state index >= 15 is 0 Å². The van der Waals surface area contributed by atoms with Crippen LogP contribution < -0.4 is 5.32 Å². The smallest absolute Gasteiger partial charge is 0.125 e. The Morgan fingerprint density at radius 2 is 1.90 bits per heavy atom. The third-order valence-corrected chi connectivity index (χ3v) is 3.73. The van der Waals surface area contributed by atoms with Crippen molar-refractivity contribution in [2.75, 3.05) is 6.54 Å². The highest BCUT2D eigenvalue weighted by atomic mass is 35.5. The zero-order valence-corrected chi connectivity index (χ0v) is 13.2. The predicted octanol–water partition coefficient (Wildman–Crippen LogP) is 3.13. The van der Waals surface area contributed by atoms with Gasteiger partial charge in [-0.05, 0) is 38.5 Å². The van der Waals surface area contributed by atoms with Gasteiger partial charge in [-0.1, -0.05) is 23.7 Å². The Bertz CT molecular complexity index is 601. The molecular formula is C16H20ClN3O. The van der Waals surface area contributed by atoms with Gasteiger partial charge in [-0.15, -0.1) is 0 Å². The number of nitrogens with zero attached hydrogens (tertiary/aromatic N) is 2. The molecule has 4 nitrogen and oxygen atoms in total. The molecule has 0 amide bonds. The van der Waals surface area contributed by atoms with Crippen LogP contribution in [-0.2, 0) is 0 Å². The number of halogens is 1. The average molecular weight is 306 g/mol. The van der Waals surface area contributed by atoms with E-state index in [1.807, 2.05) is 39.1 Å². The van der Waals surface area contributed by atoms with Crippen LogP contribution in [0.5, 0.6) is 0 Å². The van der Waals surface area contributed by atoms with Crippen LogP contribution in [0, 0.1) is 13.8 Å². The Hall–Kier alpha value is -1.49. The molecule has 112 valence electrons.